The molecule has 4 aromatic rings. The van der Waals surface area contributed by atoms with Gasteiger partial charge in [0.2, 0.25) is 11.6 Å². The zero-order valence-electron chi connectivity index (χ0n) is 18.1. The van der Waals surface area contributed by atoms with E-state index in [9.17, 15) is 23.1 Å². The van der Waals surface area contributed by atoms with Crippen molar-refractivity contribution in [1.82, 2.24) is 20.2 Å². The van der Waals surface area contributed by atoms with E-state index in [1.54, 1.807) is 32.2 Å². The van der Waals surface area contributed by atoms with Crippen LogP contribution in [-0.2, 0) is 11.0 Å². The Morgan fingerprint density at radius 3 is 2.32 bits per heavy atom. The number of hydrogen-bond acceptors (Lipinski definition) is 7. The molecule has 0 aliphatic heterocycles. The summed E-state index contributed by atoms with van der Waals surface area (Å²) in [7, 11) is 1.57. The van der Waals surface area contributed by atoms with Gasteiger partial charge >= 0.3 is 6.18 Å². The summed E-state index contributed by atoms with van der Waals surface area (Å²) >= 11 is 0. The van der Waals surface area contributed by atoms with Gasteiger partial charge in [-0.25, -0.2) is 0 Å². The lowest BCUT2D eigenvalue weighted by atomic mass is 10.1. The Hall–Kier alpha value is -3.99. The number of rotatable bonds is 6. The first-order valence-electron chi connectivity index (χ1n) is 10.2. The first kappa shape index (κ1) is 23.2. The average Bonchev–Trinajstić information content (AvgIpc) is 3.51. The van der Waals surface area contributed by atoms with Crippen LogP contribution in [0, 0.1) is 0 Å². The molecule has 0 saturated heterocycles. The molecule has 2 heterocycles. The van der Waals surface area contributed by atoms with Crippen LogP contribution in [0.15, 0.2) is 63.6 Å². The molecule has 2 aromatic heterocycles. The molecule has 0 saturated carbocycles. The minimum atomic E-state index is -4.79. The fourth-order valence-corrected chi connectivity index (χ4v) is 3.25. The fourth-order valence-electron chi connectivity index (χ4n) is 3.25. The molecule has 0 spiro atoms. The number of benzene rings is 2. The smallest absolute Gasteiger partial charge is 0.378 e. The highest BCUT2D eigenvalue weighted by Crippen LogP contribution is 2.43. The zero-order chi connectivity index (χ0) is 24.5. The summed E-state index contributed by atoms with van der Waals surface area (Å²) in [5.74, 6) is -1.64. The molecule has 0 aliphatic carbocycles. The monoisotopic (exact) mass is 472 g/mol. The number of carbonyl (C=O) groups is 1. The van der Waals surface area contributed by atoms with Gasteiger partial charge in [0.15, 0.2) is 6.10 Å². The number of amides is 1. The molecule has 1 atom stereocenters. The standard InChI is InChI=1S/C23H19F3N4O4/c1-3-30(2)22(32)18(31)14-9-11-15(12-10-14)20-27-21(34-29-20)19-16(23(24,25)26)17(28-33-19)13-7-5-4-6-8-13/h4-12,18,31H,3H2,1-2H3/t18-/m1/s1. The second-order valence-electron chi connectivity index (χ2n) is 7.40. The summed E-state index contributed by atoms with van der Waals surface area (Å²) in [6, 6.07) is 13.8. The lowest BCUT2D eigenvalue weighted by Gasteiger charge is -2.19. The third-order valence-corrected chi connectivity index (χ3v) is 5.21. The Balaban J connectivity index is 1.65. The molecule has 0 radical (unpaired) electrons. The maximum Gasteiger partial charge on any atom is 0.422 e. The highest BCUT2D eigenvalue weighted by atomic mass is 19.4. The highest BCUT2D eigenvalue weighted by molar-refractivity contribution is 5.82. The molecule has 4 rings (SSSR count). The van der Waals surface area contributed by atoms with Crippen molar-refractivity contribution in [1.29, 1.82) is 0 Å². The zero-order valence-corrected chi connectivity index (χ0v) is 18.1. The van der Waals surface area contributed by atoms with Crippen molar-refractivity contribution in [3.63, 3.8) is 0 Å². The minimum absolute atomic E-state index is 0.00109. The van der Waals surface area contributed by atoms with E-state index in [2.05, 4.69) is 15.3 Å². The Kier molecular flexibility index (Phi) is 6.20. The molecular formula is C23H19F3N4O4. The van der Waals surface area contributed by atoms with Gasteiger partial charge in [0.05, 0.1) is 0 Å². The topological polar surface area (TPSA) is 105 Å². The van der Waals surface area contributed by atoms with Gasteiger partial charge in [-0.15, -0.1) is 0 Å². The molecule has 2 aromatic carbocycles. The average molecular weight is 472 g/mol. The van der Waals surface area contributed by atoms with Crippen molar-refractivity contribution in [3.8, 4) is 34.3 Å². The number of hydrogen-bond donors (Lipinski definition) is 1. The molecule has 0 aliphatic rings. The van der Waals surface area contributed by atoms with Gasteiger partial charge in [0.25, 0.3) is 11.8 Å². The molecule has 0 unspecified atom stereocenters. The van der Waals surface area contributed by atoms with Gasteiger partial charge in [-0.3, -0.25) is 4.79 Å². The predicted octanol–water partition coefficient (Wildman–Crippen LogP) is 4.59. The van der Waals surface area contributed by atoms with Crippen LogP contribution in [-0.4, -0.2) is 44.8 Å². The van der Waals surface area contributed by atoms with Gasteiger partial charge in [0, 0.05) is 24.7 Å². The largest absolute Gasteiger partial charge is 0.422 e. The van der Waals surface area contributed by atoms with E-state index in [4.69, 9.17) is 9.05 Å². The lowest BCUT2D eigenvalue weighted by Crippen LogP contribution is -2.31. The van der Waals surface area contributed by atoms with Crippen LogP contribution in [0.3, 0.4) is 0 Å². The molecule has 34 heavy (non-hydrogen) atoms. The molecule has 11 heteroatoms. The number of halogens is 3. The maximum absolute atomic E-state index is 13.9. The Bertz CT molecular complexity index is 1280. The van der Waals surface area contributed by atoms with Gasteiger partial charge in [-0.05, 0) is 12.5 Å². The van der Waals surface area contributed by atoms with Gasteiger partial charge in [-0.2, -0.15) is 18.2 Å². The van der Waals surface area contributed by atoms with E-state index >= 15 is 0 Å². The van der Waals surface area contributed by atoms with E-state index in [0.717, 1.165) is 0 Å². The number of carbonyl (C=O) groups excluding carboxylic acids is 1. The van der Waals surface area contributed by atoms with Crippen LogP contribution in [0.2, 0.25) is 0 Å². The Morgan fingerprint density at radius 2 is 1.71 bits per heavy atom. The second kappa shape index (κ2) is 9.10. The number of aliphatic hydroxyl groups is 1. The predicted molar refractivity (Wildman–Crippen MR) is 114 cm³/mol. The molecule has 1 N–H and O–H groups in total. The van der Waals surface area contributed by atoms with Crippen LogP contribution in [0.5, 0.6) is 0 Å². The summed E-state index contributed by atoms with van der Waals surface area (Å²) in [5.41, 5.74) is -0.533. The van der Waals surface area contributed by atoms with Crippen molar-refractivity contribution in [2.45, 2.75) is 19.2 Å². The number of aromatic nitrogens is 3. The Labute approximate surface area is 191 Å². The molecule has 8 nitrogen and oxygen atoms in total. The third-order valence-electron chi connectivity index (χ3n) is 5.21. The summed E-state index contributed by atoms with van der Waals surface area (Å²) in [6.45, 7) is 2.22. The van der Waals surface area contributed by atoms with Crippen molar-refractivity contribution in [2.75, 3.05) is 13.6 Å². The number of likely N-dealkylation sites (N-methyl/N-ethyl adjacent to an activating group) is 1. The Morgan fingerprint density at radius 1 is 1.03 bits per heavy atom. The van der Waals surface area contributed by atoms with E-state index in [0.29, 0.717) is 17.7 Å². The highest BCUT2D eigenvalue weighted by Gasteiger charge is 2.43. The molecular weight excluding hydrogens is 453 g/mol. The van der Waals surface area contributed by atoms with Crippen LogP contribution in [0.25, 0.3) is 34.3 Å². The minimum Gasteiger partial charge on any atom is -0.378 e. The van der Waals surface area contributed by atoms with Crippen molar-refractivity contribution < 1.29 is 32.1 Å². The maximum atomic E-state index is 13.9. The summed E-state index contributed by atoms with van der Waals surface area (Å²) in [5, 5.41) is 17.6. The first-order valence-corrected chi connectivity index (χ1v) is 10.2. The molecule has 176 valence electrons. The third kappa shape index (κ3) is 4.42. The van der Waals surface area contributed by atoms with Crippen LogP contribution >= 0.6 is 0 Å². The van der Waals surface area contributed by atoms with E-state index in [1.807, 2.05) is 0 Å². The number of alkyl halides is 3. The van der Waals surface area contributed by atoms with Crippen LogP contribution in [0.4, 0.5) is 13.2 Å². The van der Waals surface area contributed by atoms with Crippen LogP contribution in [0.1, 0.15) is 24.2 Å². The lowest BCUT2D eigenvalue weighted by molar-refractivity contribution is -0.139. The normalized spacial score (nSPS) is 12.5. The van der Waals surface area contributed by atoms with E-state index in [1.165, 1.54) is 41.3 Å². The second-order valence-corrected chi connectivity index (χ2v) is 7.40. The fraction of sp³-hybridized carbons (Fsp3) is 0.217. The number of nitrogens with zero attached hydrogens (tertiary/aromatic N) is 4. The number of aliphatic hydroxyl groups excluding tert-OH is 1. The summed E-state index contributed by atoms with van der Waals surface area (Å²) in [4.78, 5) is 17.5. The first-order chi connectivity index (χ1) is 16.2. The molecule has 0 bridgehead atoms. The molecule has 1 amide bonds. The van der Waals surface area contributed by atoms with Crippen molar-refractivity contribution >= 4 is 5.91 Å². The van der Waals surface area contributed by atoms with Gasteiger partial charge in [-0.1, -0.05) is 64.9 Å². The summed E-state index contributed by atoms with van der Waals surface area (Å²) in [6.07, 6.45) is -6.13. The van der Waals surface area contributed by atoms with Crippen molar-refractivity contribution in [2.24, 2.45) is 0 Å². The van der Waals surface area contributed by atoms with Crippen LogP contribution < -0.4 is 0 Å². The summed E-state index contributed by atoms with van der Waals surface area (Å²) < 4.78 is 51.6. The molecule has 0 fully saturated rings. The van der Waals surface area contributed by atoms with Crippen molar-refractivity contribution in [3.05, 3.63) is 65.7 Å². The van der Waals surface area contributed by atoms with Gasteiger partial charge < -0.3 is 19.1 Å². The van der Waals surface area contributed by atoms with Gasteiger partial charge in [0.1, 0.15) is 11.3 Å². The van der Waals surface area contributed by atoms with E-state index < -0.39 is 35.4 Å². The van der Waals surface area contributed by atoms with E-state index in [-0.39, 0.29) is 17.1 Å². The quantitative estimate of drug-likeness (QED) is 0.438. The SMILES string of the molecule is CCN(C)C(=O)[C@H](O)c1ccc(-c2noc(-c3onc(-c4ccccc4)c3C(F)(F)F)n2)cc1.